The number of thiocarbonyl (C=S) groups is 1. The second-order valence-corrected chi connectivity index (χ2v) is 5.95. The SMILES string of the molecule is NC(=S)c1ccc(NC(=O)COCC2CCCCC2)cc1. The molecule has 1 aliphatic carbocycles. The predicted molar refractivity (Wildman–Crippen MR) is 88.4 cm³/mol. The van der Waals surface area contributed by atoms with Crippen LogP contribution in [0, 0.1) is 5.92 Å². The van der Waals surface area contributed by atoms with Crippen molar-refractivity contribution < 1.29 is 9.53 Å². The summed E-state index contributed by atoms with van der Waals surface area (Å²) in [6.07, 6.45) is 6.36. The molecule has 0 radical (unpaired) electrons. The molecule has 0 aliphatic heterocycles. The fraction of sp³-hybridized carbons (Fsp3) is 0.500. The van der Waals surface area contributed by atoms with Crippen LogP contribution in [0.25, 0.3) is 0 Å². The Kier molecular flexibility index (Phi) is 6.14. The third-order valence-corrected chi connectivity index (χ3v) is 4.00. The van der Waals surface area contributed by atoms with Gasteiger partial charge in [0.25, 0.3) is 0 Å². The second kappa shape index (κ2) is 8.10. The molecule has 4 nitrogen and oxygen atoms in total. The predicted octanol–water partition coefficient (Wildman–Crippen LogP) is 2.86. The van der Waals surface area contributed by atoms with Crippen molar-refractivity contribution in [2.24, 2.45) is 11.7 Å². The van der Waals surface area contributed by atoms with E-state index in [1.165, 1.54) is 32.1 Å². The summed E-state index contributed by atoms with van der Waals surface area (Å²) in [6.45, 7) is 0.793. The van der Waals surface area contributed by atoms with E-state index in [-0.39, 0.29) is 12.5 Å². The molecule has 0 unspecified atom stereocenters. The summed E-state index contributed by atoms with van der Waals surface area (Å²) in [7, 11) is 0. The van der Waals surface area contributed by atoms with Crippen molar-refractivity contribution in [3.05, 3.63) is 29.8 Å². The van der Waals surface area contributed by atoms with Gasteiger partial charge in [0, 0.05) is 11.3 Å². The van der Waals surface area contributed by atoms with Crippen LogP contribution in [0.3, 0.4) is 0 Å². The van der Waals surface area contributed by atoms with Crippen LogP contribution in [0.1, 0.15) is 37.7 Å². The van der Waals surface area contributed by atoms with Gasteiger partial charge in [-0.05, 0) is 43.0 Å². The number of nitrogens with one attached hydrogen (secondary N) is 1. The van der Waals surface area contributed by atoms with Gasteiger partial charge in [0.2, 0.25) is 5.91 Å². The minimum Gasteiger partial charge on any atom is -0.389 e. The van der Waals surface area contributed by atoms with Crippen molar-refractivity contribution in [1.29, 1.82) is 0 Å². The number of anilines is 1. The monoisotopic (exact) mass is 306 g/mol. The third-order valence-electron chi connectivity index (χ3n) is 3.76. The highest BCUT2D eigenvalue weighted by Gasteiger charge is 2.14. The highest BCUT2D eigenvalue weighted by Crippen LogP contribution is 2.23. The number of hydrogen-bond acceptors (Lipinski definition) is 3. The molecular formula is C16H22N2O2S. The standard InChI is InChI=1S/C16H22N2O2S/c17-16(21)13-6-8-14(9-7-13)18-15(19)11-20-10-12-4-2-1-3-5-12/h6-9,12H,1-5,10-11H2,(H2,17,21)(H,18,19). The Morgan fingerprint density at radius 2 is 1.90 bits per heavy atom. The van der Waals surface area contributed by atoms with Gasteiger partial charge in [-0.2, -0.15) is 0 Å². The topological polar surface area (TPSA) is 64.3 Å². The molecule has 3 N–H and O–H groups in total. The summed E-state index contributed by atoms with van der Waals surface area (Å²) in [5, 5.41) is 2.80. The summed E-state index contributed by atoms with van der Waals surface area (Å²) in [5.74, 6) is 0.491. The van der Waals surface area contributed by atoms with E-state index in [0.29, 0.717) is 17.5 Å². The zero-order chi connectivity index (χ0) is 15.1. The molecule has 1 aromatic rings. The van der Waals surface area contributed by atoms with Gasteiger partial charge in [-0.1, -0.05) is 31.5 Å². The maximum Gasteiger partial charge on any atom is 0.250 e. The Bertz CT molecular complexity index is 482. The molecule has 0 heterocycles. The number of hydrogen-bond donors (Lipinski definition) is 2. The van der Waals surface area contributed by atoms with Crippen molar-refractivity contribution in [3.63, 3.8) is 0 Å². The molecule has 0 spiro atoms. The minimum absolute atomic E-state index is 0.105. The molecule has 0 bridgehead atoms. The van der Waals surface area contributed by atoms with Crippen LogP contribution < -0.4 is 11.1 Å². The number of carbonyl (C=O) groups excluding carboxylic acids is 1. The van der Waals surface area contributed by atoms with Gasteiger partial charge in [-0.3, -0.25) is 4.79 Å². The lowest BCUT2D eigenvalue weighted by molar-refractivity contribution is -0.121. The molecule has 0 saturated heterocycles. The Hall–Kier alpha value is -1.46. The summed E-state index contributed by atoms with van der Waals surface area (Å²) < 4.78 is 5.52. The Morgan fingerprint density at radius 1 is 1.24 bits per heavy atom. The van der Waals surface area contributed by atoms with Gasteiger partial charge in [0.1, 0.15) is 11.6 Å². The van der Waals surface area contributed by atoms with Gasteiger partial charge >= 0.3 is 0 Å². The van der Waals surface area contributed by atoms with Crippen LogP contribution in [0.2, 0.25) is 0 Å². The van der Waals surface area contributed by atoms with Gasteiger partial charge < -0.3 is 15.8 Å². The molecule has 21 heavy (non-hydrogen) atoms. The molecule has 0 atom stereocenters. The minimum atomic E-state index is -0.131. The van der Waals surface area contributed by atoms with Crippen LogP contribution in [0.4, 0.5) is 5.69 Å². The average molecular weight is 306 g/mol. The van der Waals surface area contributed by atoms with Gasteiger partial charge in [0.15, 0.2) is 0 Å². The summed E-state index contributed by atoms with van der Waals surface area (Å²) in [6, 6.07) is 7.16. The first kappa shape index (κ1) is 15.9. The molecule has 2 rings (SSSR count). The van der Waals surface area contributed by atoms with Gasteiger partial charge in [-0.25, -0.2) is 0 Å². The van der Waals surface area contributed by atoms with Gasteiger partial charge in [0.05, 0.1) is 6.61 Å². The molecule has 5 heteroatoms. The Labute approximate surface area is 131 Å². The van der Waals surface area contributed by atoms with Crippen molar-refractivity contribution in [2.75, 3.05) is 18.5 Å². The van der Waals surface area contributed by atoms with E-state index in [2.05, 4.69) is 5.32 Å². The fourth-order valence-electron chi connectivity index (χ4n) is 2.59. The van der Waals surface area contributed by atoms with Gasteiger partial charge in [-0.15, -0.1) is 0 Å². The van der Waals surface area contributed by atoms with Crippen LogP contribution in [-0.2, 0) is 9.53 Å². The van der Waals surface area contributed by atoms with E-state index < -0.39 is 0 Å². The number of amides is 1. The molecule has 1 aromatic carbocycles. The zero-order valence-corrected chi connectivity index (χ0v) is 13.0. The maximum atomic E-state index is 11.8. The number of benzene rings is 1. The largest absolute Gasteiger partial charge is 0.389 e. The molecular weight excluding hydrogens is 284 g/mol. The van der Waals surface area contributed by atoms with E-state index in [0.717, 1.165) is 11.3 Å². The molecule has 1 amide bonds. The first-order valence-electron chi connectivity index (χ1n) is 7.42. The smallest absolute Gasteiger partial charge is 0.250 e. The zero-order valence-electron chi connectivity index (χ0n) is 12.1. The van der Waals surface area contributed by atoms with E-state index in [9.17, 15) is 4.79 Å². The van der Waals surface area contributed by atoms with Crippen molar-refractivity contribution in [2.45, 2.75) is 32.1 Å². The van der Waals surface area contributed by atoms with Crippen molar-refractivity contribution in [3.8, 4) is 0 Å². The normalized spacial score (nSPS) is 15.6. The molecule has 0 aromatic heterocycles. The van der Waals surface area contributed by atoms with E-state index in [4.69, 9.17) is 22.7 Å². The van der Waals surface area contributed by atoms with Crippen LogP contribution in [-0.4, -0.2) is 24.1 Å². The summed E-state index contributed by atoms with van der Waals surface area (Å²) in [4.78, 5) is 12.1. The van der Waals surface area contributed by atoms with E-state index >= 15 is 0 Å². The van der Waals surface area contributed by atoms with E-state index in [1.807, 2.05) is 0 Å². The van der Waals surface area contributed by atoms with E-state index in [1.54, 1.807) is 24.3 Å². The lowest BCUT2D eigenvalue weighted by Crippen LogP contribution is -2.21. The lowest BCUT2D eigenvalue weighted by atomic mass is 9.90. The highest BCUT2D eigenvalue weighted by atomic mass is 32.1. The first-order chi connectivity index (χ1) is 10.1. The van der Waals surface area contributed by atoms with Crippen LogP contribution in [0.5, 0.6) is 0 Å². The van der Waals surface area contributed by atoms with Crippen LogP contribution >= 0.6 is 12.2 Å². The molecule has 114 valence electrons. The maximum absolute atomic E-state index is 11.8. The summed E-state index contributed by atoms with van der Waals surface area (Å²) in [5.41, 5.74) is 7.04. The number of carbonyl (C=O) groups is 1. The Morgan fingerprint density at radius 3 is 2.52 bits per heavy atom. The molecule has 1 saturated carbocycles. The second-order valence-electron chi connectivity index (χ2n) is 5.51. The quantitative estimate of drug-likeness (QED) is 0.793. The Balaban J connectivity index is 1.70. The third kappa shape index (κ3) is 5.44. The average Bonchev–Trinajstić information content (AvgIpc) is 2.49. The lowest BCUT2D eigenvalue weighted by Gasteiger charge is -2.21. The highest BCUT2D eigenvalue weighted by molar-refractivity contribution is 7.80. The van der Waals surface area contributed by atoms with Crippen molar-refractivity contribution in [1.82, 2.24) is 0 Å². The molecule has 1 aliphatic rings. The van der Waals surface area contributed by atoms with Crippen LogP contribution in [0.15, 0.2) is 24.3 Å². The fourth-order valence-corrected chi connectivity index (χ4v) is 2.72. The number of rotatable bonds is 6. The molecule has 1 fully saturated rings. The first-order valence-corrected chi connectivity index (χ1v) is 7.83. The number of nitrogens with two attached hydrogens (primary N) is 1. The van der Waals surface area contributed by atoms with Crippen molar-refractivity contribution >= 4 is 28.8 Å². The number of ether oxygens (including phenoxy) is 1. The summed E-state index contributed by atoms with van der Waals surface area (Å²) >= 11 is 4.88.